The van der Waals surface area contributed by atoms with Gasteiger partial charge in [-0.2, -0.15) is 0 Å². The summed E-state index contributed by atoms with van der Waals surface area (Å²) in [5, 5.41) is 6.56. The molecule has 0 aliphatic carbocycles. The molecular weight excluding hydrogens is 433 g/mol. The van der Waals surface area contributed by atoms with Gasteiger partial charge in [-0.1, -0.05) is 12.1 Å². The molecule has 0 spiro atoms. The fourth-order valence-corrected chi connectivity index (χ4v) is 2.27. The largest absolute Gasteiger partial charge is 0.382 e. The lowest BCUT2D eigenvalue weighted by Crippen LogP contribution is -2.39. The van der Waals surface area contributed by atoms with E-state index in [4.69, 9.17) is 9.47 Å². The Morgan fingerprint density at radius 3 is 2.72 bits per heavy atom. The van der Waals surface area contributed by atoms with Crippen LogP contribution in [0.3, 0.4) is 0 Å². The fourth-order valence-electron chi connectivity index (χ4n) is 2.27. The highest BCUT2D eigenvalue weighted by atomic mass is 127. The molecule has 0 amide bonds. The maximum atomic E-state index is 5.42. The van der Waals surface area contributed by atoms with E-state index in [1.54, 1.807) is 14.2 Å². The molecule has 0 fully saturated rings. The zero-order valence-corrected chi connectivity index (χ0v) is 17.2. The molecule has 3 N–H and O–H groups in total. The first kappa shape index (κ1) is 21.7. The molecule has 0 saturated carbocycles. The van der Waals surface area contributed by atoms with E-state index in [1.807, 2.05) is 24.3 Å². The van der Waals surface area contributed by atoms with Crippen LogP contribution in [-0.4, -0.2) is 63.0 Å². The van der Waals surface area contributed by atoms with Gasteiger partial charge in [0.1, 0.15) is 5.82 Å². The van der Waals surface area contributed by atoms with E-state index >= 15 is 0 Å². The van der Waals surface area contributed by atoms with Crippen molar-refractivity contribution in [2.45, 2.75) is 12.8 Å². The Kier molecular flexibility index (Phi) is 11.2. The van der Waals surface area contributed by atoms with Gasteiger partial charge in [-0.3, -0.25) is 4.99 Å². The summed E-state index contributed by atoms with van der Waals surface area (Å²) in [4.78, 5) is 12.1. The van der Waals surface area contributed by atoms with E-state index < -0.39 is 0 Å². The monoisotopic (exact) mass is 461 g/mol. The van der Waals surface area contributed by atoms with Crippen LogP contribution in [0.2, 0.25) is 0 Å². The van der Waals surface area contributed by atoms with Crippen molar-refractivity contribution in [2.24, 2.45) is 4.99 Å². The van der Waals surface area contributed by atoms with Gasteiger partial charge in [-0.25, -0.2) is 4.98 Å². The molecular formula is C17H28IN5O2. The van der Waals surface area contributed by atoms with Gasteiger partial charge in [-0.05, 0) is 18.6 Å². The number of nitrogens with one attached hydrogen (secondary N) is 3. The van der Waals surface area contributed by atoms with E-state index in [0.717, 1.165) is 48.7 Å². The van der Waals surface area contributed by atoms with Crippen molar-refractivity contribution in [3.05, 3.63) is 30.1 Å². The third kappa shape index (κ3) is 8.02. The number of rotatable bonds is 10. The van der Waals surface area contributed by atoms with Crippen molar-refractivity contribution in [2.75, 3.05) is 47.1 Å². The smallest absolute Gasteiger partial charge is 0.190 e. The standard InChI is InChI=1S/C17H27N5O2.HI/c1-18-17(19-9-5-11-24-13-12-23-2)20-10-8-16-21-14-6-3-4-7-15(14)22-16;/h3-4,6-7H,5,8-13H2,1-2H3,(H,21,22)(H2,18,19,20);1H. The van der Waals surface area contributed by atoms with Gasteiger partial charge in [0.05, 0.1) is 24.2 Å². The van der Waals surface area contributed by atoms with Crippen molar-refractivity contribution < 1.29 is 9.47 Å². The van der Waals surface area contributed by atoms with Crippen molar-refractivity contribution in [1.82, 2.24) is 20.6 Å². The number of guanidine groups is 1. The Hall–Kier alpha value is -1.39. The Bertz CT molecular complexity index is 599. The van der Waals surface area contributed by atoms with Gasteiger partial charge in [0.15, 0.2) is 5.96 Å². The molecule has 0 aliphatic rings. The molecule has 8 heteroatoms. The molecule has 2 aromatic rings. The zero-order chi connectivity index (χ0) is 17.0. The van der Waals surface area contributed by atoms with E-state index in [9.17, 15) is 0 Å². The van der Waals surface area contributed by atoms with Gasteiger partial charge in [-0.15, -0.1) is 24.0 Å². The normalized spacial score (nSPS) is 11.4. The molecule has 0 atom stereocenters. The molecule has 1 aromatic heterocycles. The molecule has 25 heavy (non-hydrogen) atoms. The fraction of sp³-hybridized carbons (Fsp3) is 0.529. The Morgan fingerprint density at radius 2 is 1.96 bits per heavy atom. The van der Waals surface area contributed by atoms with Gasteiger partial charge in [0.25, 0.3) is 0 Å². The quantitative estimate of drug-likeness (QED) is 0.218. The van der Waals surface area contributed by atoms with Gasteiger partial charge < -0.3 is 25.1 Å². The third-order valence-corrected chi connectivity index (χ3v) is 3.51. The van der Waals surface area contributed by atoms with Crippen LogP contribution in [0.1, 0.15) is 12.2 Å². The summed E-state index contributed by atoms with van der Waals surface area (Å²) in [7, 11) is 3.44. The number of ether oxygens (including phenoxy) is 2. The topological polar surface area (TPSA) is 83.6 Å². The van der Waals surface area contributed by atoms with E-state index in [-0.39, 0.29) is 24.0 Å². The highest BCUT2D eigenvalue weighted by molar-refractivity contribution is 14.0. The number of imidazole rings is 1. The number of hydrogen-bond donors (Lipinski definition) is 3. The summed E-state index contributed by atoms with van der Waals surface area (Å²) in [6, 6.07) is 8.05. The second-order valence-corrected chi connectivity index (χ2v) is 5.34. The van der Waals surface area contributed by atoms with Crippen molar-refractivity contribution >= 4 is 41.0 Å². The van der Waals surface area contributed by atoms with Crippen molar-refractivity contribution in [3.8, 4) is 0 Å². The number of H-pyrrole nitrogens is 1. The molecule has 140 valence electrons. The van der Waals surface area contributed by atoms with Crippen LogP contribution in [-0.2, 0) is 15.9 Å². The number of nitrogens with zero attached hydrogens (tertiary/aromatic N) is 2. The molecule has 1 heterocycles. The Labute approximate surface area is 166 Å². The molecule has 0 bridgehead atoms. The van der Waals surface area contributed by atoms with Crippen molar-refractivity contribution in [1.29, 1.82) is 0 Å². The minimum atomic E-state index is 0. The molecule has 0 radical (unpaired) electrons. The average Bonchev–Trinajstić information content (AvgIpc) is 3.02. The van der Waals surface area contributed by atoms with Crippen LogP contribution in [0.25, 0.3) is 11.0 Å². The average molecular weight is 461 g/mol. The molecule has 0 unspecified atom stereocenters. The van der Waals surface area contributed by atoms with Crippen LogP contribution in [0.4, 0.5) is 0 Å². The summed E-state index contributed by atoms with van der Waals surface area (Å²) < 4.78 is 10.3. The van der Waals surface area contributed by atoms with E-state index in [0.29, 0.717) is 19.8 Å². The first-order valence-electron chi connectivity index (χ1n) is 8.28. The summed E-state index contributed by atoms with van der Waals surface area (Å²) in [5.41, 5.74) is 2.08. The molecule has 7 nitrogen and oxygen atoms in total. The number of aromatic amines is 1. The first-order chi connectivity index (χ1) is 11.8. The highest BCUT2D eigenvalue weighted by Crippen LogP contribution is 2.10. The number of fused-ring (bicyclic) bond motifs is 1. The highest BCUT2D eigenvalue weighted by Gasteiger charge is 2.02. The van der Waals surface area contributed by atoms with Crippen molar-refractivity contribution in [3.63, 3.8) is 0 Å². The number of hydrogen-bond acceptors (Lipinski definition) is 4. The minimum absolute atomic E-state index is 0. The second-order valence-electron chi connectivity index (χ2n) is 5.34. The Morgan fingerprint density at radius 1 is 1.16 bits per heavy atom. The van der Waals surface area contributed by atoms with Gasteiger partial charge >= 0.3 is 0 Å². The molecule has 2 rings (SSSR count). The minimum Gasteiger partial charge on any atom is -0.382 e. The lowest BCUT2D eigenvalue weighted by Gasteiger charge is -2.11. The van der Waals surface area contributed by atoms with E-state index in [1.165, 1.54) is 0 Å². The predicted molar refractivity (Wildman–Crippen MR) is 112 cm³/mol. The number of para-hydroxylation sites is 2. The van der Waals surface area contributed by atoms with Gasteiger partial charge in [0.2, 0.25) is 0 Å². The maximum absolute atomic E-state index is 5.42. The van der Waals surface area contributed by atoms with Gasteiger partial charge in [0, 0.05) is 40.3 Å². The number of methoxy groups -OCH3 is 1. The summed E-state index contributed by atoms with van der Waals surface area (Å²) in [5.74, 6) is 1.77. The second kappa shape index (κ2) is 12.9. The Balaban J connectivity index is 0.00000312. The number of halogens is 1. The summed E-state index contributed by atoms with van der Waals surface area (Å²) >= 11 is 0. The van der Waals surface area contributed by atoms with Crippen LogP contribution in [0.5, 0.6) is 0 Å². The molecule has 0 saturated heterocycles. The summed E-state index contributed by atoms with van der Waals surface area (Å²) in [6.07, 6.45) is 1.74. The third-order valence-electron chi connectivity index (χ3n) is 3.51. The molecule has 0 aliphatic heterocycles. The lowest BCUT2D eigenvalue weighted by atomic mass is 10.3. The van der Waals surface area contributed by atoms with Crippen LogP contribution < -0.4 is 10.6 Å². The first-order valence-corrected chi connectivity index (χ1v) is 8.28. The maximum Gasteiger partial charge on any atom is 0.190 e. The van der Waals surface area contributed by atoms with Crippen LogP contribution in [0, 0.1) is 0 Å². The SMILES string of the molecule is CN=C(NCCCOCCOC)NCCc1nc2ccccc2[nH]1.I. The summed E-state index contributed by atoms with van der Waals surface area (Å²) in [6.45, 7) is 3.58. The zero-order valence-electron chi connectivity index (χ0n) is 14.9. The predicted octanol–water partition coefficient (Wildman–Crippen LogP) is 1.94. The van der Waals surface area contributed by atoms with Crippen LogP contribution in [0.15, 0.2) is 29.3 Å². The number of aromatic nitrogens is 2. The van der Waals surface area contributed by atoms with E-state index in [2.05, 4.69) is 25.6 Å². The lowest BCUT2D eigenvalue weighted by molar-refractivity contribution is 0.0698. The molecule has 1 aromatic carbocycles. The van der Waals surface area contributed by atoms with Crippen LogP contribution >= 0.6 is 24.0 Å². The number of aliphatic imine (C=N–C) groups is 1. The number of benzene rings is 1.